The summed E-state index contributed by atoms with van der Waals surface area (Å²) in [6, 6.07) is 2.86. The minimum absolute atomic E-state index is 0.00606. The molecule has 0 saturated carbocycles. The van der Waals surface area contributed by atoms with E-state index in [0.717, 1.165) is 18.2 Å². The highest BCUT2D eigenvalue weighted by atomic mass is 19.1. The molecule has 3 rings (SSSR count). The van der Waals surface area contributed by atoms with Crippen LogP contribution in [0.4, 0.5) is 16.0 Å². The molecule has 0 radical (unpaired) electrons. The van der Waals surface area contributed by atoms with Crippen molar-refractivity contribution in [1.29, 1.82) is 0 Å². The van der Waals surface area contributed by atoms with Gasteiger partial charge < -0.3 is 25.7 Å². The molecule has 2 aromatic heterocycles. The number of halogens is 1. The van der Waals surface area contributed by atoms with E-state index < -0.39 is 17.9 Å². The molecule has 10 heteroatoms. The average Bonchev–Trinajstić information content (AvgIpc) is 3.05. The SMILES string of the molecule is [2H]c1nc(N)c(OC(C)c2cc(F)ccc2C(=O)O)c([2H])c1-c1c(CNC)nn(C)c1[N+]#[C-]. The van der Waals surface area contributed by atoms with Gasteiger partial charge in [-0.15, -0.1) is 5.10 Å². The molecule has 0 aliphatic rings. The molecule has 1 atom stereocenters. The summed E-state index contributed by atoms with van der Waals surface area (Å²) in [5, 5.41) is 16.7. The van der Waals surface area contributed by atoms with E-state index in [1.807, 2.05) is 0 Å². The Hall–Kier alpha value is -3.97. The lowest BCUT2D eigenvalue weighted by atomic mass is 10.0. The lowest BCUT2D eigenvalue weighted by molar-refractivity contribution is 0.0691. The third-order valence-electron chi connectivity index (χ3n) is 4.53. The Morgan fingerprint density at radius 3 is 2.94 bits per heavy atom. The number of aromatic nitrogens is 3. The number of aryl methyl sites for hydroxylation is 1. The van der Waals surface area contributed by atoms with Gasteiger partial charge in [0.2, 0.25) is 0 Å². The largest absolute Gasteiger partial charge is 0.482 e. The van der Waals surface area contributed by atoms with Gasteiger partial charge in [0.15, 0.2) is 11.6 Å². The Morgan fingerprint density at radius 1 is 1.55 bits per heavy atom. The first-order valence-corrected chi connectivity index (χ1v) is 9.15. The van der Waals surface area contributed by atoms with Crippen molar-refractivity contribution in [1.82, 2.24) is 20.1 Å². The van der Waals surface area contributed by atoms with Crippen molar-refractivity contribution < 1.29 is 21.8 Å². The fourth-order valence-electron chi connectivity index (χ4n) is 3.13. The number of carbonyl (C=O) groups is 1. The predicted octanol–water partition coefficient (Wildman–Crippen LogP) is 3.31. The molecule has 9 nitrogen and oxygen atoms in total. The number of benzene rings is 1. The van der Waals surface area contributed by atoms with Gasteiger partial charge in [-0.2, -0.15) is 0 Å². The first-order chi connectivity index (χ1) is 15.6. The molecule has 1 aromatic carbocycles. The van der Waals surface area contributed by atoms with Crippen LogP contribution in [0, 0.1) is 12.4 Å². The zero-order valence-corrected chi connectivity index (χ0v) is 17.0. The lowest BCUT2D eigenvalue weighted by Crippen LogP contribution is -2.12. The highest BCUT2D eigenvalue weighted by molar-refractivity contribution is 5.89. The number of carboxylic acid groups (broad SMARTS) is 1. The number of anilines is 1. The van der Waals surface area contributed by atoms with Gasteiger partial charge in [-0.05, 0) is 43.8 Å². The first-order valence-electron chi connectivity index (χ1n) is 10.1. The third-order valence-corrected chi connectivity index (χ3v) is 4.53. The molecule has 160 valence electrons. The second-order valence-corrected chi connectivity index (χ2v) is 6.65. The minimum atomic E-state index is -1.27. The number of nitrogen functional groups attached to an aromatic ring is 1. The highest BCUT2D eigenvalue weighted by Gasteiger charge is 2.22. The van der Waals surface area contributed by atoms with Crippen LogP contribution in [0.2, 0.25) is 0 Å². The van der Waals surface area contributed by atoms with E-state index in [4.69, 9.17) is 19.8 Å². The van der Waals surface area contributed by atoms with Crippen LogP contribution in [-0.4, -0.2) is 32.9 Å². The number of nitrogens with one attached hydrogen (secondary N) is 1. The van der Waals surface area contributed by atoms with E-state index in [1.165, 1.54) is 11.6 Å². The van der Waals surface area contributed by atoms with Crippen LogP contribution >= 0.6 is 0 Å². The van der Waals surface area contributed by atoms with Crippen molar-refractivity contribution in [3.63, 3.8) is 0 Å². The van der Waals surface area contributed by atoms with Gasteiger partial charge in [0.1, 0.15) is 11.9 Å². The number of nitrogens with two attached hydrogens (primary N) is 1. The van der Waals surface area contributed by atoms with Gasteiger partial charge in [-0.1, -0.05) is 6.57 Å². The maximum atomic E-state index is 13.8. The molecule has 0 spiro atoms. The van der Waals surface area contributed by atoms with Crippen LogP contribution in [0.1, 0.15) is 37.4 Å². The molecule has 4 N–H and O–H groups in total. The van der Waals surface area contributed by atoms with Crippen LogP contribution in [0.15, 0.2) is 30.4 Å². The standard InChI is InChI=1S/C21H21FN6O3/c1-11(15-8-13(22)5-6-14(15)21(29)30)31-17-7-12(9-26-19(17)23)18-16(10-24-2)27-28(4)20(18)25-3/h5-9,11,24H,10H2,1-2,4H3,(H2,23,26)(H,29,30)/i7D,9D. The summed E-state index contributed by atoms with van der Waals surface area (Å²) in [7, 11) is 3.26. The summed E-state index contributed by atoms with van der Waals surface area (Å²) in [5.41, 5.74) is 6.48. The normalized spacial score (nSPS) is 12.6. The van der Waals surface area contributed by atoms with Gasteiger partial charge in [0, 0.05) is 23.8 Å². The second-order valence-electron chi connectivity index (χ2n) is 6.65. The van der Waals surface area contributed by atoms with Crippen LogP contribution in [0.5, 0.6) is 5.75 Å². The summed E-state index contributed by atoms with van der Waals surface area (Å²) >= 11 is 0. The smallest absolute Gasteiger partial charge is 0.336 e. The Morgan fingerprint density at radius 2 is 2.29 bits per heavy atom. The van der Waals surface area contributed by atoms with E-state index in [1.54, 1.807) is 14.1 Å². The lowest BCUT2D eigenvalue weighted by Gasteiger charge is -2.18. The van der Waals surface area contributed by atoms with E-state index in [-0.39, 0.29) is 58.4 Å². The van der Waals surface area contributed by atoms with Crippen LogP contribution < -0.4 is 15.8 Å². The first kappa shape index (κ1) is 19.0. The van der Waals surface area contributed by atoms with E-state index >= 15 is 0 Å². The molecule has 31 heavy (non-hydrogen) atoms. The fraction of sp³-hybridized carbons (Fsp3) is 0.238. The topological polar surface area (TPSA) is 120 Å². The molecule has 0 saturated heterocycles. The number of ether oxygens (including phenoxy) is 1. The third kappa shape index (κ3) is 4.31. The van der Waals surface area contributed by atoms with Gasteiger partial charge in [0.25, 0.3) is 5.82 Å². The molecule has 0 fully saturated rings. The Kier molecular flexibility index (Phi) is 5.40. The second kappa shape index (κ2) is 8.81. The Balaban J connectivity index is 2.17. The van der Waals surface area contributed by atoms with Gasteiger partial charge >= 0.3 is 5.97 Å². The van der Waals surface area contributed by atoms with Crippen molar-refractivity contribution >= 4 is 17.6 Å². The van der Waals surface area contributed by atoms with E-state index in [0.29, 0.717) is 5.69 Å². The number of nitrogens with zero attached hydrogens (tertiary/aromatic N) is 4. The number of carboxylic acids is 1. The quantitative estimate of drug-likeness (QED) is 0.496. The summed E-state index contributed by atoms with van der Waals surface area (Å²) in [5.74, 6) is -2.31. The monoisotopic (exact) mass is 426 g/mol. The molecule has 1 unspecified atom stereocenters. The van der Waals surface area contributed by atoms with Crippen LogP contribution in [0.3, 0.4) is 0 Å². The van der Waals surface area contributed by atoms with Crippen molar-refractivity contribution in [2.45, 2.75) is 19.6 Å². The van der Waals surface area contributed by atoms with Gasteiger partial charge in [-0.3, -0.25) is 0 Å². The van der Waals surface area contributed by atoms with Crippen molar-refractivity contribution in [2.24, 2.45) is 7.05 Å². The summed E-state index contributed by atoms with van der Waals surface area (Å²) in [6.07, 6.45) is -1.36. The number of hydrogen-bond acceptors (Lipinski definition) is 6. The van der Waals surface area contributed by atoms with E-state index in [2.05, 4.69) is 20.2 Å². The van der Waals surface area contributed by atoms with Gasteiger partial charge in [-0.25, -0.2) is 18.9 Å². The molecule has 0 aliphatic heterocycles. The number of rotatable bonds is 7. The number of aromatic carboxylic acids is 1. The van der Waals surface area contributed by atoms with Crippen LogP contribution in [0.25, 0.3) is 16.0 Å². The maximum absolute atomic E-state index is 13.8. The fourth-order valence-corrected chi connectivity index (χ4v) is 3.13. The zero-order valence-electron chi connectivity index (χ0n) is 19.0. The molecule has 0 bridgehead atoms. The molecule has 0 aliphatic carbocycles. The predicted molar refractivity (Wildman–Crippen MR) is 112 cm³/mol. The van der Waals surface area contributed by atoms with Crippen molar-refractivity contribution in [3.05, 3.63) is 64.5 Å². The molecule has 0 amide bonds. The molecule has 2 heterocycles. The molecular weight excluding hydrogens is 403 g/mol. The zero-order chi connectivity index (χ0) is 24.4. The van der Waals surface area contributed by atoms with Crippen molar-refractivity contribution in [3.8, 4) is 16.9 Å². The Labute approximate surface area is 180 Å². The summed E-state index contributed by atoms with van der Waals surface area (Å²) in [6.45, 7) is 9.27. The summed E-state index contributed by atoms with van der Waals surface area (Å²) in [4.78, 5) is 19.0. The van der Waals surface area contributed by atoms with Crippen molar-refractivity contribution in [2.75, 3.05) is 12.8 Å². The average molecular weight is 426 g/mol. The Bertz CT molecular complexity index is 1290. The highest BCUT2D eigenvalue weighted by Crippen LogP contribution is 2.37. The number of hydrogen-bond donors (Lipinski definition) is 3. The summed E-state index contributed by atoms with van der Waals surface area (Å²) < 4.78 is 38.0. The van der Waals surface area contributed by atoms with Crippen LogP contribution in [-0.2, 0) is 13.6 Å². The minimum Gasteiger partial charge on any atom is -0.482 e. The molecule has 3 aromatic rings. The number of pyridine rings is 1. The van der Waals surface area contributed by atoms with Gasteiger partial charge in [0.05, 0.1) is 21.0 Å². The molecular formula is C21H21FN6O3. The van der Waals surface area contributed by atoms with E-state index in [9.17, 15) is 14.3 Å². The maximum Gasteiger partial charge on any atom is 0.336 e.